The molecule has 0 unspecified atom stereocenters. The number of piperidine rings is 3. The van der Waals surface area contributed by atoms with Crippen molar-refractivity contribution < 1.29 is 102 Å². The number of amides is 5. The number of nitrogens with one attached hydrogen (secondary N) is 2. The Kier molecular flexibility index (Phi) is 40.8. The second-order valence-electron chi connectivity index (χ2n) is 51.5. The predicted octanol–water partition coefficient (Wildman–Crippen LogP) is 18.5. The number of carbonyl (C=O) groups is 15. The molecule has 9 heterocycles. The fourth-order valence-electron chi connectivity index (χ4n) is 31.3. The first-order valence-electron chi connectivity index (χ1n) is 59.2. The van der Waals surface area contributed by atoms with Crippen molar-refractivity contribution in [2.75, 3.05) is 63.2 Å². The molecule has 0 radical (unpaired) electrons. The van der Waals surface area contributed by atoms with Gasteiger partial charge in [-0.25, -0.2) is 25.3 Å². The van der Waals surface area contributed by atoms with Gasteiger partial charge in [0, 0.05) is 133 Å². The van der Waals surface area contributed by atoms with Crippen molar-refractivity contribution in [1.29, 1.82) is 0 Å². The number of sulfone groups is 3. The molecular formula is C119H183N5O22S3. The summed E-state index contributed by atoms with van der Waals surface area (Å²) < 4.78 is 85.0. The van der Waals surface area contributed by atoms with E-state index in [1.165, 1.54) is 12.2 Å². The van der Waals surface area contributed by atoms with E-state index in [1.807, 2.05) is 0 Å². The Morgan fingerprint density at radius 3 is 0.906 bits per heavy atom. The van der Waals surface area contributed by atoms with Gasteiger partial charge in [0.1, 0.15) is 17.3 Å². The second-order valence-corrected chi connectivity index (χ2v) is 58.4. The number of carbonyl (C=O) groups excluding carboxylic acids is 15. The van der Waals surface area contributed by atoms with Crippen LogP contribution in [0.4, 0.5) is 0 Å². The molecule has 834 valence electrons. The van der Waals surface area contributed by atoms with Crippen molar-refractivity contribution in [3.63, 3.8) is 0 Å². The average Bonchev–Trinajstić information content (AvgIpc) is 1.53. The van der Waals surface area contributed by atoms with E-state index in [9.17, 15) is 97.2 Å². The van der Waals surface area contributed by atoms with Gasteiger partial charge in [-0.05, 0) is 202 Å². The topological polar surface area (TPSA) is 401 Å². The van der Waals surface area contributed by atoms with E-state index < -0.39 is 144 Å². The number of ether oxygens (including phenoxy) is 1. The predicted molar refractivity (Wildman–Crippen MR) is 573 cm³/mol. The van der Waals surface area contributed by atoms with Crippen LogP contribution < -0.4 is 10.6 Å². The molecule has 2 N–H and O–H groups in total. The number of Topliss-reactive ketones (excluding diaryl/α,β-unsaturated/α-hetero) is 10. The van der Waals surface area contributed by atoms with Gasteiger partial charge in [-0.2, -0.15) is 0 Å². The highest BCUT2D eigenvalue weighted by atomic mass is 32.2. The number of hydrogen-bond donors (Lipinski definition) is 2. The van der Waals surface area contributed by atoms with Crippen LogP contribution in [-0.2, 0) is 106 Å². The van der Waals surface area contributed by atoms with Crippen molar-refractivity contribution >= 4 is 117 Å². The molecule has 9 aliphatic heterocycles. The molecule has 0 aromatic rings. The first-order chi connectivity index (χ1) is 71.0. The minimum atomic E-state index is -3.27. The van der Waals surface area contributed by atoms with Crippen LogP contribution in [0, 0.1) is 109 Å². The van der Waals surface area contributed by atoms with Crippen LogP contribution >= 0.6 is 0 Å². The zero-order valence-corrected chi connectivity index (χ0v) is 93.8. The Labute approximate surface area is 890 Å². The zero-order valence-electron chi connectivity index (χ0n) is 91.4. The molecular weight excluding hydrogens is 1950 g/mol. The number of rotatable bonds is 27. The third-order valence-corrected chi connectivity index (χ3v) is 47.6. The maximum Gasteiger partial charge on any atom is 0.287 e. The summed E-state index contributed by atoms with van der Waals surface area (Å²) in [5.74, 6) is -7.12. The fraction of sp³-hybridized carbons (Fsp3) is 0.840. The second kappa shape index (κ2) is 51.6. The first-order valence-corrected chi connectivity index (χ1v) is 64.3. The minimum Gasteiger partial charge on any atom is -0.381 e. The molecule has 16 rings (SSSR count). The standard InChI is InChI=1S/C41H63NO7S.C40H62N2O7S.C38H58N2O8S/c1-40(2)32-27-42-37(36(32)40)33(44)25-29(38(46)34(45)23-28-18-19-28)15-10-7-5-3-4-6-8-11-16-30(39(42)47)24-31(43)26-41(20-12-9-13-21-41)35-17-14-22-50(35,48)49;1-4-22-41-37(46)36(45)28-17-12-9-7-5-6-8-10-13-18-29(38(47)42-27-31-34(39(31,2)3)35(42)32(44)25-28)24-30(43)26-40(20-14-11-15-21-40)33-19-16-23-50(33,48)49;1-4-18-39-35(44)34(43)26-14-9-6-5-7-12-19-48-25-27(36(45)40-24-29-32(37(29,2)3)33(40)30(42)22-26)21-28(41)23-38(16-10-8-11-17-38)31-15-13-20-49(31,46)47/h28-30,32,35-37H,3-27H2,1-2H3;4,28-29,31,33-35H,1,5-27H2,2-3H3,(H,41,46);4,26-27,29,31-33H,1,5-25H2,2-3H3,(H,39,44)/t29-,30-,32+,35+,36+,37-;28-,29-,31+,33+,34+,35-;26-,27+,29+,31+,32+,33-/m111/s1. The number of ketones is 10. The van der Waals surface area contributed by atoms with Crippen LogP contribution in [0.3, 0.4) is 0 Å². The van der Waals surface area contributed by atoms with E-state index in [-0.39, 0.29) is 205 Å². The van der Waals surface area contributed by atoms with Crippen molar-refractivity contribution in [2.45, 2.75) is 454 Å². The lowest BCUT2D eigenvalue weighted by Crippen LogP contribution is -2.50. The molecule has 0 bridgehead atoms. The molecule has 0 aromatic heterocycles. The van der Waals surface area contributed by atoms with Crippen LogP contribution in [0.5, 0.6) is 0 Å². The van der Waals surface area contributed by atoms with Crippen LogP contribution in [-0.4, -0.2) is 224 Å². The van der Waals surface area contributed by atoms with Crippen molar-refractivity contribution in [1.82, 2.24) is 25.3 Å². The molecule has 5 amide bonds. The fourth-order valence-corrected chi connectivity index (χ4v) is 38.7. The van der Waals surface area contributed by atoms with E-state index in [4.69, 9.17) is 4.74 Å². The molecule has 7 saturated carbocycles. The summed E-state index contributed by atoms with van der Waals surface area (Å²) in [7, 11) is -9.75. The van der Waals surface area contributed by atoms with Crippen LogP contribution in [0.15, 0.2) is 25.3 Å². The molecule has 0 spiro atoms. The Morgan fingerprint density at radius 2 is 0.611 bits per heavy atom. The lowest BCUT2D eigenvalue weighted by Gasteiger charge is -2.41. The van der Waals surface area contributed by atoms with E-state index in [0.29, 0.717) is 122 Å². The summed E-state index contributed by atoms with van der Waals surface area (Å²) in [4.78, 5) is 212. The minimum absolute atomic E-state index is 0.00493. The Bertz CT molecular complexity index is 5190. The molecule has 30 heteroatoms. The van der Waals surface area contributed by atoms with Crippen LogP contribution in [0.2, 0.25) is 0 Å². The lowest BCUT2D eigenvalue weighted by atomic mass is 9.67. The summed E-state index contributed by atoms with van der Waals surface area (Å²) in [5.41, 5.74) is -1.97. The molecule has 16 fully saturated rings. The van der Waals surface area contributed by atoms with Gasteiger partial charge in [0.2, 0.25) is 35.1 Å². The third-order valence-electron chi connectivity index (χ3n) is 40.2. The maximum atomic E-state index is 14.6. The average molecular weight is 2130 g/mol. The summed E-state index contributed by atoms with van der Waals surface area (Å²) in [6.07, 6.45) is 45.2. The SMILES string of the molecule is C=CCNC(=O)C(=O)[C@@H]1CCCCCCCCCC[C@H](CC(=O)CC2([C@@H]3CCCS3(=O)=O)CCCCC2)C(=O)N2C[C@H]3[C@@H]([C@H]2C(=O)C1)C3(C)C.C=CCNC(=O)C(=O)[C@@H]1CCCCCCCOC[C@H](CC(=O)CC2([C@@H]3CCCS3(=O)=O)CCCCC2)C(=O)N2C[C@H]3[C@@H]([C@H]2C(=O)C1)C3(C)C.CC1(C)[C@@H]2[C@H]3C(=O)C[C@H](C(=O)C(=O)CC4CC4)CCCCCCCCCC[C@H](CC(=O)CC4([C@@H]5CCCS5(=O)=O)CCCCC4)C(=O)N3C[C@@H]21. The highest BCUT2D eigenvalue weighted by Gasteiger charge is 2.73. The first kappa shape index (κ1) is 118. The van der Waals surface area contributed by atoms with Crippen molar-refractivity contribution in [2.24, 2.45) is 109 Å². The Morgan fingerprint density at radius 1 is 0.336 bits per heavy atom. The van der Waals surface area contributed by atoms with Crippen LogP contribution in [0.1, 0.15) is 420 Å². The largest absolute Gasteiger partial charge is 0.381 e. The lowest BCUT2D eigenvalue weighted by molar-refractivity contribution is -0.147. The van der Waals surface area contributed by atoms with Crippen molar-refractivity contribution in [3.8, 4) is 0 Å². The summed E-state index contributed by atoms with van der Waals surface area (Å²) in [5, 5.41) is 3.71. The zero-order chi connectivity index (χ0) is 107. The van der Waals surface area contributed by atoms with E-state index >= 15 is 0 Å². The Balaban J connectivity index is 0.000000176. The highest BCUT2D eigenvalue weighted by Crippen LogP contribution is 2.68. The van der Waals surface area contributed by atoms with Gasteiger partial charge < -0.3 is 30.1 Å². The highest BCUT2D eigenvalue weighted by molar-refractivity contribution is 7.92. The van der Waals surface area contributed by atoms with E-state index in [0.717, 1.165) is 231 Å². The summed E-state index contributed by atoms with van der Waals surface area (Å²) in [6.45, 7) is 22.2. The molecule has 9 saturated heterocycles. The van der Waals surface area contributed by atoms with E-state index in [1.54, 1.807) is 14.7 Å². The van der Waals surface area contributed by atoms with E-state index in [2.05, 4.69) is 65.3 Å². The van der Waals surface area contributed by atoms with Gasteiger partial charge in [0.15, 0.2) is 52.6 Å². The molecule has 18 atom stereocenters. The quantitative estimate of drug-likeness (QED) is 0.0570. The molecule has 16 aliphatic rings. The van der Waals surface area contributed by atoms with Gasteiger partial charge in [0.05, 0.1) is 63.7 Å². The smallest absolute Gasteiger partial charge is 0.287 e. The monoisotopic (exact) mass is 2130 g/mol. The van der Waals surface area contributed by atoms with Gasteiger partial charge in [-0.3, -0.25) is 71.9 Å². The third kappa shape index (κ3) is 28.5. The summed E-state index contributed by atoms with van der Waals surface area (Å²) in [6, 6.07) is -2.02. The normalized spacial score (nSPS) is 33.7. The summed E-state index contributed by atoms with van der Waals surface area (Å²) >= 11 is 0. The maximum absolute atomic E-state index is 14.6. The number of fused-ring (bicyclic) bond motifs is 9. The van der Waals surface area contributed by atoms with Gasteiger partial charge in [-0.1, -0.05) is 240 Å². The van der Waals surface area contributed by atoms with Gasteiger partial charge >= 0.3 is 0 Å². The molecule has 149 heavy (non-hydrogen) atoms. The molecule has 27 nitrogen and oxygen atoms in total. The number of nitrogens with zero attached hydrogens (tertiary/aromatic N) is 3. The Hall–Kier alpha value is -6.66. The van der Waals surface area contributed by atoms with Crippen molar-refractivity contribution in [3.05, 3.63) is 25.3 Å². The van der Waals surface area contributed by atoms with Gasteiger partial charge in [-0.15, -0.1) is 13.2 Å². The van der Waals surface area contributed by atoms with Crippen LogP contribution in [0.25, 0.3) is 0 Å². The number of hydrogen-bond acceptors (Lipinski definition) is 22. The molecule has 0 aromatic carbocycles. The molecule has 7 aliphatic carbocycles. The van der Waals surface area contributed by atoms with Gasteiger partial charge in [0.25, 0.3) is 11.8 Å².